The van der Waals surface area contributed by atoms with Crippen LogP contribution in [-0.4, -0.2) is 22.4 Å². The van der Waals surface area contributed by atoms with Gasteiger partial charge in [0, 0.05) is 6.54 Å². The third kappa shape index (κ3) is 2.28. The molecule has 0 unspecified atom stereocenters. The minimum Gasteiger partial charge on any atom is -0.305 e. The normalized spacial score (nSPS) is 21.0. The molecule has 3 rings (SSSR count). The summed E-state index contributed by atoms with van der Waals surface area (Å²) in [6, 6.07) is 3.09. The van der Waals surface area contributed by atoms with Gasteiger partial charge in [-0.15, -0.1) is 0 Å². The first-order chi connectivity index (χ1) is 10.0. The predicted molar refractivity (Wildman–Crippen MR) is 71.3 cm³/mol. The quantitative estimate of drug-likeness (QED) is 0.853. The van der Waals surface area contributed by atoms with Gasteiger partial charge in [-0.05, 0) is 30.5 Å². The average molecular weight is 294 g/mol. The molecule has 21 heavy (non-hydrogen) atoms. The average Bonchev–Trinajstić information content (AvgIpc) is 2.68. The van der Waals surface area contributed by atoms with E-state index in [4.69, 9.17) is 0 Å². The smallest absolute Gasteiger partial charge is 0.305 e. The molecule has 0 radical (unpaired) electrons. The summed E-state index contributed by atoms with van der Waals surface area (Å²) >= 11 is 0. The van der Waals surface area contributed by atoms with Crippen LogP contribution in [0.1, 0.15) is 37.7 Å². The minimum atomic E-state index is -0.948. The number of carbonyl (C=O) groups excluding carboxylic acids is 2. The van der Waals surface area contributed by atoms with Crippen LogP contribution in [0.5, 0.6) is 0 Å². The molecule has 1 aliphatic carbocycles. The van der Waals surface area contributed by atoms with E-state index in [0.29, 0.717) is 18.4 Å². The number of halogens is 2. The molecule has 1 N–H and O–H groups in total. The summed E-state index contributed by atoms with van der Waals surface area (Å²) in [6.45, 7) is 0.106. The molecule has 0 bridgehead atoms. The first-order valence-corrected chi connectivity index (χ1v) is 7.10. The van der Waals surface area contributed by atoms with Gasteiger partial charge in [0.1, 0.15) is 5.54 Å². The second-order valence-corrected chi connectivity index (χ2v) is 5.69. The number of nitrogens with one attached hydrogen (secondary N) is 1. The molecular formula is C15H16F2N2O2. The van der Waals surface area contributed by atoms with Crippen molar-refractivity contribution in [3.63, 3.8) is 0 Å². The van der Waals surface area contributed by atoms with Crippen molar-refractivity contribution < 1.29 is 18.4 Å². The summed E-state index contributed by atoms with van der Waals surface area (Å²) in [6.07, 6.45) is 4.05. The number of hydrogen-bond donors (Lipinski definition) is 1. The van der Waals surface area contributed by atoms with Crippen molar-refractivity contribution in [3.8, 4) is 0 Å². The monoisotopic (exact) mass is 294 g/mol. The second-order valence-electron chi connectivity index (χ2n) is 5.69. The lowest BCUT2D eigenvalue weighted by Gasteiger charge is -2.38. The van der Waals surface area contributed by atoms with E-state index in [2.05, 4.69) is 5.32 Å². The molecule has 1 aliphatic heterocycles. The molecule has 4 nitrogen and oxygen atoms in total. The van der Waals surface area contributed by atoms with Gasteiger partial charge in [-0.2, -0.15) is 0 Å². The van der Waals surface area contributed by atoms with Crippen molar-refractivity contribution >= 4 is 11.9 Å². The van der Waals surface area contributed by atoms with Crippen molar-refractivity contribution in [3.05, 3.63) is 35.4 Å². The summed E-state index contributed by atoms with van der Waals surface area (Å²) in [4.78, 5) is 25.7. The number of urea groups is 1. The van der Waals surface area contributed by atoms with Crippen LogP contribution in [0.25, 0.3) is 0 Å². The third-order valence-corrected chi connectivity index (χ3v) is 4.41. The lowest BCUT2D eigenvalue weighted by atomic mass is 9.80. The van der Waals surface area contributed by atoms with Crippen LogP contribution in [0.2, 0.25) is 0 Å². The molecule has 1 spiro atoms. The van der Waals surface area contributed by atoms with Gasteiger partial charge in [-0.25, -0.2) is 13.6 Å². The molecule has 2 aliphatic rings. The van der Waals surface area contributed by atoms with Gasteiger partial charge in [0.2, 0.25) is 0 Å². The lowest BCUT2D eigenvalue weighted by Crippen LogP contribution is -2.50. The third-order valence-electron chi connectivity index (χ3n) is 4.41. The van der Waals surface area contributed by atoms with Crippen molar-refractivity contribution in [2.45, 2.75) is 44.2 Å². The molecular weight excluding hydrogens is 278 g/mol. The molecule has 1 saturated heterocycles. The van der Waals surface area contributed by atoms with Gasteiger partial charge in [-0.3, -0.25) is 10.1 Å². The zero-order chi connectivity index (χ0) is 15.0. The number of rotatable bonds is 2. The summed E-state index contributed by atoms with van der Waals surface area (Å²) in [5, 5.41) is 2.35. The summed E-state index contributed by atoms with van der Waals surface area (Å²) < 4.78 is 26.3. The van der Waals surface area contributed by atoms with E-state index in [1.54, 1.807) is 0 Å². The summed E-state index contributed by atoms with van der Waals surface area (Å²) in [5.41, 5.74) is -0.344. The maximum atomic E-state index is 13.3. The van der Waals surface area contributed by atoms with Crippen LogP contribution in [0.4, 0.5) is 13.6 Å². The number of imide groups is 1. The van der Waals surface area contributed by atoms with Gasteiger partial charge >= 0.3 is 6.03 Å². The molecule has 1 aromatic rings. The fraction of sp³-hybridized carbons (Fsp3) is 0.467. The maximum absolute atomic E-state index is 13.3. The molecule has 1 saturated carbocycles. The fourth-order valence-corrected chi connectivity index (χ4v) is 3.28. The first-order valence-electron chi connectivity index (χ1n) is 7.10. The minimum absolute atomic E-state index is 0.106. The largest absolute Gasteiger partial charge is 0.325 e. The van der Waals surface area contributed by atoms with Crippen molar-refractivity contribution in [1.82, 2.24) is 10.2 Å². The zero-order valence-electron chi connectivity index (χ0n) is 11.5. The molecule has 3 amide bonds. The Morgan fingerprint density at radius 1 is 1.10 bits per heavy atom. The van der Waals surface area contributed by atoms with E-state index < -0.39 is 23.2 Å². The maximum Gasteiger partial charge on any atom is 0.325 e. The van der Waals surface area contributed by atoms with E-state index >= 15 is 0 Å². The van der Waals surface area contributed by atoms with Crippen LogP contribution in [0, 0.1) is 11.6 Å². The number of nitrogens with zero attached hydrogens (tertiary/aromatic N) is 1. The predicted octanol–water partition coefficient (Wildman–Crippen LogP) is 2.72. The Morgan fingerprint density at radius 2 is 1.81 bits per heavy atom. The Hall–Kier alpha value is -1.98. The van der Waals surface area contributed by atoms with E-state index in [1.165, 1.54) is 11.0 Å². The van der Waals surface area contributed by atoms with Gasteiger partial charge in [0.05, 0.1) is 0 Å². The number of amides is 3. The van der Waals surface area contributed by atoms with Crippen molar-refractivity contribution in [2.24, 2.45) is 0 Å². The fourth-order valence-electron chi connectivity index (χ4n) is 3.28. The van der Waals surface area contributed by atoms with Gasteiger partial charge in [0.15, 0.2) is 11.6 Å². The SMILES string of the molecule is O=C1NC(=O)C2(CCCCC2)N1Cc1ccc(F)c(F)c1. The van der Waals surface area contributed by atoms with Gasteiger partial charge in [0.25, 0.3) is 5.91 Å². The molecule has 2 fully saturated rings. The van der Waals surface area contributed by atoms with E-state index in [1.807, 2.05) is 0 Å². The lowest BCUT2D eigenvalue weighted by molar-refractivity contribution is -0.128. The molecule has 6 heteroatoms. The van der Waals surface area contributed by atoms with Crippen molar-refractivity contribution in [2.75, 3.05) is 0 Å². The zero-order valence-corrected chi connectivity index (χ0v) is 11.5. The summed E-state index contributed by atoms with van der Waals surface area (Å²) in [7, 11) is 0. The van der Waals surface area contributed by atoms with Crippen LogP contribution < -0.4 is 5.32 Å². The Kier molecular flexibility index (Phi) is 3.39. The Morgan fingerprint density at radius 3 is 2.48 bits per heavy atom. The standard InChI is InChI=1S/C15H16F2N2O2/c16-11-5-4-10(8-12(11)17)9-19-14(21)18-13(20)15(19)6-2-1-3-7-15/h4-5,8H,1-3,6-7,9H2,(H,18,20,21). The van der Waals surface area contributed by atoms with Crippen LogP contribution in [0.3, 0.4) is 0 Å². The van der Waals surface area contributed by atoms with Crippen LogP contribution in [-0.2, 0) is 11.3 Å². The van der Waals surface area contributed by atoms with Gasteiger partial charge in [-0.1, -0.05) is 25.3 Å². The van der Waals surface area contributed by atoms with E-state index in [-0.39, 0.29) is 12.5 Å². The Balaban J connectivity index is 1.89. The first kappa shape index (κ1) is 14.0. The molecule has 112 valence electrons. The highest BCUT2D eigenvalue weighted by Gasteiger charge is 2.52. The highest BCUT2D eigenvalue weighted by Crippen LogP contribution is 2.38. The Bertz CT molecular complexity index is 597. The molecule has 1 aromatic carbocycles. The van der Waals surface area contributed by atoms with Crippen LogP contribution in [0.15, 0.2) is 18.2 Å². The highest BCUT2D eigenvalue weighted by molar-refractivity contribution is 6.07. The second kappa shape index (κ2) is 5.09. The number of carbonyl (C=O) groups is 2. The molecule has 0 aromatic heterocycles. The topological polar surface area (TPSA) is 49.4 Å². The highest BCUT2D eigenvalue weighted by atomic mass is 19.2. The van der Waals surface area contributed by atoms with E-state index in [9.17, 15) is 18.4 Å². The van der Waals surface area contributed by atoms with Gasteiger partial charge < -0.3 is 4.90 Å². The van der Waals surface area contributed by atoms with Crippen LogP contribution >= 0.6 is 0 Å². The number of benzene rings is 1. The molecule has 0 atom stereocenters. The Labute approximate surface area is 121 Å². The number of hydrogen-bond acceptors (Lipinski definition) is 2. The van der Waals surface area contributed by atoms with E-state index in [0.717, 1.165) is 31.4 Å². The van der Waals surface area contributed by atoms with Crippen molar-refractivity contribution in [1.29, 1.82) is 0 Å². The molecule has 1 heterocycles. The summed E-state index contributed by atoms with van der Waals surface area (Å²) in [5.74, 6) is -2.14.